The van der Waals surface area contributed by atoms with Crippen LogP contribution in [-0.4, -0.2) is 114 Å². The highest BCUT2D eigenvalue weighted by Crippen LogP contribution is 2.29. The first-order chi connectivity index (χ1) is 19.6. The number of halogens is 2. The fourth-order valence-electron chi connectivity index (χ4n) is 5.69. The maximum atomic E-state index is 14.1. The smallest absolute Gasteiger partial charge is 0.296 e. The van der Waals surface area contributed by atoms with Crippen molar-refractivity contribution in [2.75, 3.05) is 82.5 Å². The number of hydrogen-bond acceptors (Lipinski definition) is 9. The third kappa shape index (κ3) is 5.72. The molecule has 3 aliphatic heterocycles. The number of nitrogens with zero attached hydrogens (tertiary/aromatic N) is 7. The fraction of sp³-hybridized carbons (Fsp3) is 0.556. The Morgan fingerprint density at radius 2 is 1.60 bits per heavy atom. The zero-order valence-corrected chi connectivity index (χ0v) is 22.3. The van der Waals surface area contributed by atoms with Crippen molar-refractivity contribution >= 4 is 28.7 Å². The van der Waals surface area contributed by atoms with Crippen molar-refractivity contribution in [3.63, 3.8) is 0 Å². The number of ether oxygens (including phenoxy) is 2. The van der Waals surface area contributed by atoms with E-state index < -0.39 is 12.2 Å². The number of piperidine rings is 1. The average Bonchev–Trinajstić information content (AvgIpc) is 3.41. The number of benzene rings is 1. The fourth-order valence-corrected chi connectivity index (χ4v) is 5.69. The monoisotopic (exact) mass is 556 g/mol. The summed E-state index contributed by atoms with van der Waals surface area (Å²) in [5.74, 6) is 0.615. The van der Waals surface area contributed by atoms with E-state index in [1.807, 2.05) is 9.80 Å². The topological polar surface area (TPSA) is 101 Å². The molecule has 3 saturated heterocycles. The zero-order valence-electron chi connectivity index (χ0n) is 22.3. The molecule has 1 amide bonds. The minimum Gasteiger partial charge on any atom is -0.379 e. The molecule has 2 aromatic heterocycles. The number of fused-ring (bicyclic) bond motifs is 1. The Hall–Kier alpha value is -3.42. The molecule has 0 atom stereocenters. The second-order valence-corrected chi connectivity index (χ2v) is 10.2. The number of aromatic nitrogens is 4. The largest absolute Gasteiger partial charge is 0.379 e. The van der Waals surface area contributed by atoms with Gasteiger partial charge in [-0.1, -0.05) is 12.1 Å². The van der Waals surface area contributed by atoms with Crippen LogP contribution in [0.4, 0.5) is 20.5 Å². The minimum absolute atomic E-state index is 0.0145. The van der Waals surface area contributed by atoms with Crippen LogP contribution in [0.15, 0.2) is 30.3 Å². The summed E-state index contributed by atoms with van der Waals surface area (Å²) in [7, 11) is 0. The first-order valence-corrected chi connectivity index (χ1v) is 13.9. The Bertz CT molecular complexity index is 1320. The lowest BCUT2D eigenvalue weighted by Gasteiger charge is -2.40. The summed E-state index contributed by atoms with van der Waals surface area (Å²) < 4.78 is 40.5. The normalized spacial score (nSPS) is 19.5. The number of carbonyl (C=O) groups is 1. The van der Waals surface area contributed by atoms with Crippen LogP contribution in [0, 0.1) is 0 Å². The molecule has 0 spiro atoms. The summed E-state index contributed by atoms with van der Waals surface area (Å²) in [6.45, 7) is 7.12. The molecule has 1 N–H and O–H groups in total. The van der Waals surface area contributed by atoms with E-state index in [2.05, 4.69) is 25.2 Å². The van der Waals surface area contributed by atoms with Crippen molar-refractivity contribution < 1.29 is 23.0 Å². The maximum Gasteiger partial charge on any atom is 0.296 e. The standard InChI is InChI=1S/C27H34F2N8O3/c28-25(29)26-31-20-3-1-2-4-21(20)37(26)23-17-22(35-11-15-40-16-12-35)32-27(33-23)30-18-24(38)36-7-5-19(6-8-36)34-9-13-39-14-10-34/h1-4,17,19,25H,5-16,18H2,(H,30,32,33). The maximum absolute atomic E-state index is 14.1. The summed E-state index contributed by atoms with van der Waals surface area (Å²) in [4.78, 5) is 32.9. The van der Waals surface area contributed by atoms with E-state index in [0.29, 0.717) is 62.3 Å². The Balaban J connectivity index is 1.21. The van der Waals surface area contributed by atoms with Crippen molar-refractivity contribution in [2.24, 2.45) is 0 Å². The molecule has 3 fully saturated rings. The van der Waals surface area contributed by atoms with Gasteiger partial charge >= 0.3 is 0 Å². The van der Waals surface area contributed by atoms with Gasteiger partial charge in [-0.3, -0.25) is 14.3 Å². The Morgan fingerprint density at radius 3 is 2.33 bits per heavy atom. The number of hydrogen-bond donors (Lipinski definition) is 1. The quantitative estimate of drug-likeness (QED) is 0.470. The SMILES string of the molecule is O=C(CNc1nc(N2CCOCC2)cc(-n2c(C(F)F)nc3ccccc32)n1)N1CCC(N2CCOCC2)CC1. The van der Waals surface area contributed by atoms with Gasteiger partial charge in [0.15, 0.2) is 5.82 Å². The van der Waals surface area contributed by atoms with Crippen molar-refractivity contribution in [1.82, 2.24) is 29.3 Å². The first kappa shape index (κ1) is 26.8. The average molecular weight is 557 g/mol. The zero-order chi connectivity index (χ0) is 27.5. The lowest BCUT2D eigenvalue weighted by atomic mass is 10.0. The van der Waals surface area contributed by atoms with Crippen LogP contribution in [0.25, 0.3) is 16.9 Å². The van der Waals surface area contributed by atoms with Gasteiger partial charge in [0.25, 0.3) is 6.43 Å². The molecule has 1 aromatic carbocycles. The predicted molar refractivity (Wildman–Crippen MR) is 145 cm³/mol. The second-order valence-electron chi connectivity index (χ2n) is 10.2. The molecule has 0 aliphatic carbocycles. The number of nitrogens with one attached hydrogen (secondary N) is 1. The van der Waals surface area contributed by atoms with Gasteiger partial charge in [0.1, 0.15) is 11.6 Å². The van der Waals surface area contributed by atoms with Gasteiger partial charge < -0.3 is 24.6 Å². The number of imidazole rings is 1. The molecule has 40 heavy (non-hydrogen) atoms. The molecule has 3 aliphatic rings. The molecule has 11 nitrogen and oxygen atoms in total. The molecule has 0 unspecified atom stereocenters. The van der Waals surface area contributed by atoms with E-state index in [1.54, 1.807) is 30.3 Å². The number of morpholine rings is 2. The van der Waals surface area contributed by atoms with E-state index in [0.717, 1.165) is 39.1 Å². The van der Waals surface area contributed by atoms with E-state index in [1.165, 1.54) is 4.57 Å². The van der Waals surface area contributed by atoms with Crippen molar-refractivity contribution in [2.45, 2.75) is 25.3 Å². The van der Waals surface area contributed by atoms with Gasteiger partial charge in [0, 0.05) is 51.4 Å². The number of likely N-dealkylation sites (tertiary alicyclic amines) is 1. The molecular formula is C27H34F2N8O3. The van der Waals surface area contributed by atoms with Gasteiger partial charge in [-0.25, -0.2) is 13.8 Å². The number of alkyl halides is 2. The molecule has 214 valence electrons. The first-order valence-electron chi connectivity index (χ1n) is 13.9. The molecule has 5 heterocycles. The molecule has 13 heteroatoms. The summed E-state index contributed by atoms with van der Waals surface area (Å²) in [6, 6.07) is 9.14. The highest BCUT2D eigenvalue weighted by atomic mass is 19.3. The number of anilines is 2. The summed E-state index contributed by atoms with van der Waals surface area (Å²) >= 11 is 0. The molecule has 0 saturated carbocycles. The van der Waals surface area contributed by atoms with Gasteiger partial charge in [-0.05, 0) is 25.0 Å². The van der Waals surface area contributed by atoms with Crippen molar-refractivity contribution in [1.29, 1.82) is 0 Å². The van der Waals surface area contributed by atoms with E-state index in [9.17, 15) is 13.6 Å². The van der Waals surface area contributed by atoms with Gasteiger partial charge in [-0.2, -0.15) is 9.97 Å². The van der Waals surface area contributed by atoms with Crippen LogP contribution in [0.3, 0.4) is 0 Å². The molecule has 6 rings (SSSR count). The Morgan fingerprint density at radius 1 is 0.925 bits per heavy atom. The van der Waals surface area contributed by atoms with Gasteiger partial charge in [0.2, 0.25) is 11.9 Å². The van der Waals surface area contributed by atoms with Crippen LogP contribution in [0.2, 0.25) is 0 Å². The van der Waals surface area contributed by atoms with Crippen LogP contribution in [-0.2, 0) is 14.3 Å². The number of amides is 1. The van der Waals surface area contributed by atoms with Crippen LogP contribution >= 0.6 is 0 Å². The highest BCUT2D eigenvalue weighted by Gasteiger charge is 2.28. The van der Waals surface area contributed by atoms with Crippen LogP contribution < -0.4 is 10.2 Å². The summed E-state index contributed by atoms with van der Waals surface area (Å²) in [6.07, 6.45) is -0.931. The molecular weight excluding hydrogens is 522 g/mol. The van der Waals surface area contributed by atoms with E-state index in [-0.39, 0.29) is 24.2 Å². The molecule has 0 bridgehead atoms. The van der Waals surface area contributed by atoms with Crippen LogP contribution in [0.1, 0.15) is 25.1 Å². The van der Waals surface area contributed by atoms with E-state index >= 15 is 0 Å². The third-order valence-corrected chi connectivity index (χ3v) is 7.82. The number of rotatable bonds is 7. The lowest BCUT2D eigenvalue weighted by Crippen LogP contribution is -2.50. The summed E-state index contributed by atoms with van der Waals surface area (Å²) in [5, 5.41) is 3.08. The summed E-state index contributed by atoms with van der Waals surface area (Å²) in [5.41, 5.74) is 0.976. The van der Waals surface area contributed by atoms with Crippen molar-refractivity contribution in [3.8, 4) is 5.82 Å². The van der Waals surface area contributed by atoms with E-state index in [4.69, 9.17) is 9.47 Å². The predicted octanol–water partition coefficient (Wildman–Crippen LogP) is 2.32. The van der Waals surface area contributed by atoms with Gasteiger partial charge in [0.05, 0.1) is 44.0 Å². The van der Waals surface area contributed by atoms with Crippen LogP contribution in [0.5, 0.6) is 0 Å². The third-order valence-electron chi connectivity index (χ3n) is 7.82. The second kappa shape index (κ2) is 12.0. The lowest BCUT2D eigenvalue weighted by molar-refractivity contribution is -0.131. The van der Waals surface area contributed by atoms with Crippen molar-refractivity contribution in [3.05, 3.63) is 36.2 Å². The number of para-hydroxylation sites is 2. The Kier molecular flexibility index (Phi) is 8.03. The molecule has 0 radical (unpaired) electrons. The minimum atomic E-state index is -2.80. The molecule has 3 aromatic rings. The van der Waals surface area contributed by atoms with Gasteiger partial charge in [-0.15, -0.1) is 0 Å². The highest BCUT2D eigenvalue weighted by molar-refractivity contribution is 5.81. The number of carbonyl (C=O) groups excluding carboxylic acids is 1. The Labute approximate surface area is 231 Å².